The molecule has 1 aliphatic rings. The quantitative estimate of drug-likeness (QED) is 0.722. The lowest BCUT2D eigenvalue weighted by atomic mass is 9.90. The Morgan fingerprint density at radius 2 is 2.18 bits per heavy atom. The van der Waals surface area contributed by atoms with Gasteiger partial charge in [0.1, 0.15) is 5.25 Å². The Morgan fingerprint density at radius 3 is 2.86 bits per heavy atom. The summed E-state index contributed by atoms with van der Waals surface area (Å²) in [6.07, 6.45) is 6.20. The Balaban J connectivity index is 1.82. The van der Waals surface area contributed by atoms with Crippen LogP contribution in [0.1, 0.15) is 40.7 Å². The van der Waals surface area contributed by atoms with E-state index in [4.69, 9.17) is 5.11 Å². The van der Waals surface area contributed by atoms with Crippen LogP contribution >= 0.6 is 0 Å². The molecule has 0 amide bonds. The largest absolute Gasteiger partial charge is 0.481 e. The third-order valence-corrected chi connectivity index (χ3v) is 7.23. The van der Waals surface area contributed by atoms with E-state index in [1.807, 2.05) is 18.2 Å². The summed E-state index contributed by atoms with van der Waals surface area (Å²) in [6.45, 7) is 4.57. The molecule has 1 N–H and O–H groups in total. The summed E-state index contributed by atoms with van der Waals surface area (Å²) in [5.74, 6) is -0.841. The molecule has 2 aromatic rings. The van der Waals surface area contributed by atoms with Gasteiger partial charge in [-0.3, -0.25) is 9.78 Å². The number of hydrogen-bond donors (Lipinski definition) is 1. The number of sulfonamides is 1. The van der Waals surface area contributed by atoms with E-state index in [2.05, 4.69) is 11.6 Å². The van der Waals surface area contributed by atoms with E-state index in [1.54, 1.807) is 30.6 Å². The monoisotopic (exact) mass is 400 g/mol. The maximum absolute atomic E-state index is 13.3. The molecule has 28 heavy (non-hydrogen) atoms. The second-order valence-corrected chi connectivity index (χ2v) is 9.05. The third kappa shape index (κ3) is 4.48. The molecule has 0 bridgehead atoms. The van der Waals surface area contributed by atoms with Gasteiger partial charge in [0.15, 0.2) is 0 Å². The topological polar surface area (TPSA) is 87.6 Å². The van der Waals surface area contributed by atoms with Crippen LogP contribution in [-0.4, -0.2) is 41.9 Å². The van der Waals surface area contributed by atoms with Crippen molar-refractivity contribution in [2.45, 2.75) is 30.4 Å². The van der Waals surface area contributed by atoms with Crippen LogP contribution in [0.5, 0.6) is 0 Å². The average molecular weight is 401 g/mol. The second kappa shape index (κ2) is 8.67. The number of rotatable bonds is 7. The zero-order chi connectivity index (χ0) is 20.1. The third-order valence-electron chi connectivity index (χ3n) is 5.07. The number of aromatic nitrogens is 1. The van der Waals surface area contributed by atoms with Crippen molar-refractivity contribution in [2.75, 3.05) is 13.1 Å². The first kappa shape index (κ1) is 20.2. The van der Waals surface area contributed by atoms with Crippen LogP contribution in [0.3, 0.4) is 0 Å². The fraction of sp³-hybridized carbons (Fsp3) is 0.333. The van der Waals surface area contributed by atoms with E-state index < -0.39 is 21.2 Å². The molecule has 0 spiro atoms. The van der Waals surface area contributed by atoms with Gasteiger partial charge in [-0.05, 0) is 41.5 Å². The maximum atomic E-state index is 13.3. The first-order valence-electron chi connectivity index (χ1n) is 9.24. The molecular weight excluding hydrogens is 376 g/mol. The molecule has 1 saturated heterocycles. The van der Waals surface area contributed by atoms with Crippen molar-refractivity contribution in [3.63, 3.8) is 0 Å². The van der Waals surface area contributed by atoms with Gasteiger partial charge in [-0.25, -0.2) is 12.7 Å². The minimum absolute atomic E-state index is 0.0385. The summed E-state index contributed by atoms with van der Waals surface area (Å²) in [7, 11) is -3.62. The molecule has 1 fully saturated rings. The number of hydrogen-bond acceptors (Lipinski definition) is 4. The summed E-state index contributed by atoms with van der Waals surface area (Å²) < 4.78 is 28.0. The highest BCUT2D eigenvalue weighted by Crippen LogP contribution is 2.33. The average Bonchev–Trinajstić information content (AvgIpc) is 2.69. The molecule has 2 unspecified atom stereocenters. The highest BCUT2D eigenvalue weighted by molar-refractivity contribution is 7.89. The van der Waals surface area contributed by atoms with E-state index in [0.717, 1.165) is 24.0 Å². The molecule has 6 nitrogen and oxygen atoms in total. The van der Waals surface area contributed by atoms with Gasteiger partial charge in [0.05, 0.1) is 6.42 Å². The molecule has 1 aliphatic heterocycles. The van der Waals surface area contributed by atoms with Gasteiger partial charge >= 0.3 is 5.97 Å². The number of pyridine rings is 1. The van der Waals surface area contributed by atoms with Crippen LogP contribution < -0.4 is 0 Å². The molecule has 1 aromatic heterocycles. The van der Waals surface area contributed by atoms with Crippen molar-refractivity contribution in [3.8, 4) is 0 Å². The summed E-state index contributed by atoms with van der Waals surface area (Å²) in [5, 5.41) is 8.18. The van der Waals surface area contributed by atoms with Crippen LogP contribution in [-0.2, 0) is 21.2 Å². The maximum Gasteiger partial charge on any atom is 0.307 e. The van der Waals surface area contributed by atoms with Gasteiger partial charge in [0.25, 0.3) is 0 Å². The van der Waals surface area contributed by atoms with E-state index >= 15 is 0 Å². The van der Waals surface area contributed by atoms with Crippen molar-refractivity contribution in [1.29, 1.82) is 0 Å². The van der Waals surface area contributed by atoms with Gasteiger partial charge in [-0.1, -0.05) is 36.4 Å². The Bertz CT molecular complexity index is 944. The standard InChI is InChI=1S/C21H24N2O4S/c1-2-20(18-8-4-10-22-14-18)28(26,27)23-11-5-9-19(15-23)17-7-3-6-16(12-17)13-21(24)25/h2-4,6-8,10,12,14,19-20H,1,5,9,11,13,15H2,(H,24,25). The molecule has 0 radical (unpaired) electrons. The smallest absolute Gasteiger partial charge is 0.307 e. The summed E-state index contributed by atoms with van der Waals surface area (Å²) in [4.78, 5) is 15.0. The lowest BCUT2D eigenvalue weighted by molar-refractivity contribution is -0.136. The molecule has 0 saturated carbocycles. The van der Waals surface area contributed by atoms with Gasteiger partial charge in [-0.2, -0.15) is 0 Å². The predicted molar refractivity (Wildman–Crippen MR) is 107 cm³/mol. The van der Waals surface area contributed by atoms with Crippen LogP contribution in [0.15, 0.2) is 61.4 Å². The number of carboxylic acid groups (broad SMARTS) is 1. The van der Waals surface area contributed by atoms with Crippen LogP contribution in [0.2, 0.25) is 0 Å². The minimum atomic E-state index is -3.62. The number of carboxylic acids is 1. The van der Waals surface area contributed by atoms with Crippen LogP contribution in [0.4, 0.5) is 0 Å². The lowest BCUT2D eigenvalue weighted by Crippen LogP contribution is -2.41. The minimum Gasteiger partial charge on any atom is -0.481 e. The molecule has 1 aromatic carbocycles. The second-order valence-electron chi connectivity index (χ2n) is 7.00. The molecule has 2 atom stereocenters. The molecule has 3 rings (SSSR count). The molecule has 148 valence electrons. The predicted octanol–water partition coefficient (Wildman–Crippen LogP) is 3.15. The van der Waals surface area contributed by atoms with Crippen molar-refractivity contribution >= 4 is 16.0 Å². The van der Waals surface area contributed by atoms with Gasteiger partial charge in [0.2, 0.25) is 10.0 Å². The summed E-state index contributed by atoms with van der Waals surface area (Å²) in [5.41, 5.74) is 2.31. The first-order chi connectivity index (χ1) is 13.4. The SMILES string of the molecule is C=CC(c1cccnc1)S(=O)(=O)N1CCCC(c2cccc(CC(=O)O)c2)C1. The Hall–Kier alpha value is -2.51. The Labute approximate surface area is 165 Å². The fourth-order valence-electron chi connectivity index (χ4n) is 3.71. The number of aliphatic carboxylic acids is 1. The number of benzene rings is 1. The number of piperidine rings is 1. The number of nitrogens with zero attached hydrogens (tertiary/aromatic N) is 2. The van der Waals surface area contributed by atoms with E-state index in [1.165, 1.54) is 10.4 Å². The zero-order valence-corrected chi connectivity index (χ0v) is 16.4. The molecule has 7 heteroatoms. The van der Waals surface area contributed by atoms with E-state index in [0.29, 0.717) is 18.7 Å². The van der Waals surface area contributed by atoms with Gasteiger partial charge in [0, 0.05) is 25.5 Å². The van der Waals surface area contributed by atoms with Crippen LogP contribution in [0.25, 0.3) is 0 Å². The van der Waals surface area contributed by atoms with Gasteiger partial charge < -0.3 is 5.11 Å². The summed E-state index contributed by atoms with van der Waals surface area (Å²) >= 11 is 0. The van der Waals surface area contributed by atoms with E-state index in [9.17, 15) is 13.2 Å². The Morgan fingerprint density at radius 1 is 1.36 bits per heavy atom. The summed E-state index contributed by atoms with van der Waals surface area (Å²) in [6, 6.07) is 10.9. The lowest BCUT2D eigenvalue weighted by Gasteiger charge is -2.34. The van der Waals surface area contributed by atoms with Crippen molar-refractivity contribution in [2.24, 2.45) is 0 Å². The van der Waals surface area contributed by atoms with Crippen molar-refractivity contribution in [3.05, 3.63) is 78.1 Å². The fourth-order valence-corrected chi connectivity index (χ4v) is 5.53. The normalized spacial score (nSPS) is 19.1. The Kier molecular flexibility index (Phi) is 6.26. The zero-order valence-electron chi connectivity index (χ0n) is 15.6. The van der Waals surface area contributed by atoms with Crippen molar-refractivity contribution < 1.29 is 18.3 Å². The van der Waals surface area contributed by atoms with Crippen molar-refractivity contribution in [1.82, 2.24) is 9.29 Å². The number of carbonyl (C=O) groups is 1. The van der Waals surface area contributed by atoms with E-state index in [-0.39, 0.29) is 12.3 Å². The highest BCUT2D eigenvalue weighted by Gasteiger charge is 2.35. The molecule has 2 heterocycles. The first-order valence-corrected chi connectivity index (χ1v) is 10.7. The highest BCUT2D eigenvalue weighted by atomic mass is 32.2. The molecule has 0 aliphatic carbocycles. The van der Waals surface area contributed by atoms with Crippen LogP contribution in [0, 0.1) is 0 Å². The molecular formula is C21H24N2O4S. The van der Waals surface area contributed by atoms with Gasteiger partial charge in [-0.15, -0.1) is 6.58 Å².